The normalized spacial score (nSPS) is 19.0. The molecular weight excluding hydrogens is 180 g/mol. The standard InChI is InChI=1S/C9H8N4O/c1-2-4-8-6(3-1)7(5-14-8)9-10-12-13-11-9/h1-4,7H,5H2,(H,10,11,12,13). The van der Waals surface area contributed by atoms with E-state index in [0.717, 1.165) is 11.3 Å². The highest BCUT2D eigenvalue weighted by Gasteiger charge is 2.28. The van der Waals surface area contributed by atoms with Crippen molar-refractivity contribution in [3.8, 4) is 5.75 Å². The van der Waals surface area contributed by atoms with Gasteiger partial charge in [0.25, 0.3) is 0 Å². The Labute approximate surface area is 80.1 Å². The molecule has 0 aliphatic carbocycles. The molecular formula is C9H8N4O. The molecule has 0 spiro atoms. The molecule has 5 nitrogen and oxygen atoms in total. The SMILES string of the molecule is c1ccc2c(c1)OCC2c1nn[nH]n1. The van der Waals surface area contributed by atoms with Gasteiger partial charge in [0.2, 0.25) is 0 Å². The van der Waals surface area contributed by atoms with E-state index in [1.165, 1.54) is 0 Å². The maximum atomic E-state index is 5.51. The van der Waals surface area contributed by atoms with Crippen LogP contribution in [0.3, 0.4) is 0 Å². The van der Waals surface area contributed by atoms with Crippen LogP contribution < -0.4 is 4.74 Å². The molecule has 1 aliphatic heterocycles. The van der Waals surface area contributed by atoms with Crippen molar-refractivity contribution in [2.24, 2.45) is 0 Å². The van der Waals surface area contributed by atoms with Crippen LogP contribution >= 0.6 is 0 Å². The first kappa shape index (κ1) is 7.49. The third kappa shape index (κ3) is 0.985. The maximum absolute atomic E-state index is 5.51. The van der Waals surface area contributed by atoms with Gasteiger partial charge in [0, 0.05) is 5.56 Å². The summed E-state index contributed by atoms with van der Waals surface area (Å²) < 4.78 is 5.51. The molecule has 5 heteroatoms. The summed E-state index contributed by atoms with van der Waals surface area (Å²) in [6.45, 7) is 0.596. The van der Waals surface area contributed by atoms with E-state index in [9.17, 15) is 0 Å². The summed E-state index contributed by atoms with van der Waals surface area (Å²) in [5.41, 5.74) is 1.13. The second kappa shape index (κ2) is 2.80. The zero-order valence-electron chi connectivity index (χ0n) is 7.34. The molecule has 1 atom stereocenters. The lowest BCUT2D eigenvalue weighted by molar-refractivity contribution is 0.340. The number of H-pyrrole nitrogens is 1. The van der Waals surface area contributed by atoms with Gasteiger partial charge in [-0.05, 0) is 6.07 Å². The number of aromatic amines is 1. The highest BCUT2D eigenvalue weighted by Crippen LogP contribution is 2.35. The van der Waals surface area contributed by atoms with Gasteiger partial charge in [-0.3, -0.25) is 0 Å². The molecule has 1 aromatic carbocycles. The largest absolute Gasteiger partial charge is 0.492 e. The molecule has 0 bridgehead atoms. The van der Waals surface area contributed by atoms with Crippen LogP contribution in [0.4, 0.5) is 0 Å². The molecule has 14 heavy (non-hydrogen) atoms. The summed E-state index contributed by atoms with van der Waals surface area (Å²) in [6, 6.07) is 7.93. The molecule has 1 aromatic heterocycles. The van der Waals surface area contributed by atoms with Gasteiger partial charge < -0.3 is 4.74 Å². The Balaban J connectivity index is 2.06. The van der Waals surface area contributed by atoms with Crippen LogP contribution in [0.25, 0.3) is 0 Å². The first-order chi connectivity index (χ1) is 6.95. The lowest BCUT2D eigenvalue weighted by Gasteiger charge is -2.00. The monoisotopic (exact) mass is 188 g/mol. The highest BCUT2D eigenvalue weighted by molar-refractivity contribution is 5.42. The number of rotatable bonds is 1. The number of nitrogens with zero attached hydrogens (tertiary/aromatic N) is 3. The van der Waals surface area contributed by atoms with Crippen LogP contribution in [0.5, 0.6) is 5.75 Å². The summed E-state index contributed by atoms with van der Waals surface area (Å²) >= 11 is 0. The van der Waals surface area contributed by atoms with E-state index in [1.807, 2.05) is 24.3 Å². The topological polar surface area (TPSA) is 63.7 Å². The van der Waals surface area contributed by atoms with Crippen molar-refractivity contribution in [1.82, 2.24) is 20.6 Å². The predicted octanol–water partition coefficient (Wildman–Crippen LogP) is 0.724. The molecule has 70 valence electrons. The Morgan fingerprint density at radius 1 is 1.36 bits per heavy atom. The van der Waals surface area contributed by atoms with Crippen molar-refractivity contribution in [2.45, 2.75) is 5.92 Å². The lowest BCUT2D eigenvalue weighted by atomic mass is 10.0. The van der Waals surface area contributed by atoms with Gasteiger partial charge >= 0.3 is 0 Å². The molecule has 3 rings (SSSR count). The van der Waals surface area contributed by atoms with Crippen molar-refractivity contribution in [3.63, 3.8) is 0 Å². The fraction of sp³-hybridized carbons (Fsp3) is 0.222. The number of aromatic nitrogens is 4. The number of nitrogens with one attached hydrogen (secondary N) is 1. The number of tetrazole rings is 1. The van der Waals surface area contributed by atoms with Crippen LogP contribution in [-0.4, -0.2) is 27.2 Å². The fourth-order valence-electron chi connectivity index (χ4n) is 1.69. The molecule has 2 heterocycles. The number of para-hydroxylation sites is 1. The summed E-state index contributed by atoms with van der Waals surface area (Å²) in [6.07, 6.45) is 0. The predicted molar refractivity (Wildman–Crippen MR) is 48.0 cm³/mol. The van der Waals surface area contributed by atoms with E-state index in [0.29, 0.717) is 12.4 Å². The van der Waals surface area contributed by atoms with Gasteiger partial charge in [-0.25, -0.2) is 0 Å². The number of ether oxygens (including phenoxy) is 1. The second-order valence-electron chi connectivity index (χ2n) is 3.17. The van der Waals surface area contributed by atoms with Gasteiger partial charge in [-0.1, -0.05) is 23.4 Å². The Hall–Kier alpha value is -1.91. The third-order valence-corrected chi connectivity index (χ3v) is 2.37. The van der Waals surface area contributed by atoms with Gasteiger partial charge in [-0.2, -0.15) is 5.21 Å². The Morgan fingerprint density at radius 2 is 2.29 bits per heavy atom. The molecule has 1 N–H and O–H groups in total. The summed E-state index contributed by atoms with van der Waals surface area (Å²) in [4.78, 5) is 0. The number of hydrogen-bond donors (Lipinski definition) is 1. The first-order valence-corrected chi connectivity index (χ1v) is 4.40. The van der Waals surface area contributed by atoms with Crippen molar-refractivity contribution in [2.75, 3.05) is 6.61 Å². The molecule has 0 radical (unpaired) electrons. The number of benzene rings is 1. The van der Waals surface area contributed by atoms with Gasteiger partial charge in [0.1, 0.15) is 12.4 Å². The van der Waals surface area contributed by atoms with Crippen molar-refractivity contribution in [3.05, 3.63) is 35.7 Å². The van der Waals surface area contributed by atoms with Crippen LogP contribution in [0, 0.1) is 0 Å². The smallest absolute Gasteiger partial charge is 0.185 e. The van der Waals surface area contributed by atoms with E-state index in [-0.39, 0.29) is 5.92 Å². The molecule has 2 aromatic rings. The lowest BCUT2D eigenvalue weighted by Crippen LogP contribution is -2.04. The molecule has 0 saturated carbocycles. The van der Waals surface area contributed by atoms with Crippen molar-refractivity contribution < 1.29 is 4.74 Å². The average molecular weight is 188 g/mol. The second-order valence-corrected chi connectivity index (χ2v) is 3.17. The number of hydrogen-bond acceptors (Lipinski definition) is 4. The minimum Gasteiger partial charge on any atom is -0.492 e. The average Bonchev–Trinajstić information content (AvgIpc) is 2.85. The minimum atomic E-state index is 0.116. The van der Waals surface area contributed by atoms with Crippen LogP contribution in [0.2, 0.25) is 0 Å². The van der Waals surface area contributed by atoms with Crippen LogP contribution in [0.1, 0.15) is 17.3 Å². The van der Waals surface area contributed by atoms with E-state index in [1.54, 1.807) is 0 Å². The van der Waals surface area contributed by atoms with E-state index < -0.39 is 0 Å². The third-order valence-electron chi connectivity index (χ3n) is 2.37. The molecule has 0 fully saturated rings. The fourth-order valence-corrected chi connectivity index (χ4v) is 1.69. The Morgan fingerprint density at radius 3 is 3.14 bits per heavy atom. The van der Waals surface area contributed by atoms with Crippen LogP contribution in [-0.2, 0) is 0 Å². The van der Waals surface area contributed by atoms with E-state index in [4.69, 9.17) is 4.74 Å². The van der Waals surface area contributed by atoms with Crippen molar-refractivity contribution in [1.29, 1.82) is 0 Å². The maximum Gasteiger partial charge on any atom is 0.185 e. The van der Waals surface area contributed by atoms with Crippen LogP contribution in [0.15, 0.2) is 24.3 Å². The molecule has 1 unspecified atom stereocenters. The van der Waals surface area contributed by atoms with E-state index in [2.05, 4.69) is 20.6 Å². The quantitative estimate of drug-likeness (QED) is 0.716. The molecule has 0 amide bonds. The van der Waals surface area contributed by atoms with E-state index >= 15 is 0 Å². The molecule has 1 aliphatic rings. The zero-order chi connectivity index (χ0) is 9.38. The highest BCUT2D eigenvalue weighted by atomic mass is 16.5. The molecule has 0 saturated heterocycles. The first-order valence-electron chi connectivity index (χ1n) is 4.40. The zero-order valence-corrected chi connectivity index (χ0v) is 7.34. The van der Waals surface area contributed by atoms with Crippen molar-refractivity contribution >= 4 is 0 Å². The van der Waals surface area contributed by atoms with Gasteiger partial charge in [-0.15, -0.1) is 10.2 Å². The summed E-state index contributed by atoms with van der Waals surface area (Å²) in [7, 11) is 0. The minimum absolute atomic E-state index is 0.116. The summed E-state index contributed by atoms with van der Waals surface area (Å²) in [5.74, 6) is 1.72. The Kier molecular flexibility index (Phi) is 1.50. The Bertz CT molecular complexity index is 440. The number of fused-ring (bicyclic) bond motifs is 1. The van der Waals surface area contributed by atoms with Gasteiger partial charge in [0.05, 0.1) is 5.92 Å². The summed E-state index contributed by atoms with van der Waals surface area (Å²) in [5, 5.41) is 13.9. The van der Waals surface area contributed by atoms with Gasteiger partial charge in [0.15, 0.2) is 5.82 Å².